The van der Waals surface area contributed by atoms with Crippen LogP contribution in [0.4, 0.5) is 0 Å². The monoisotopic (exact) mass is 316 g/mol. The second kappa shape index (κ2) is 7.49. The van der Waals surface area contributed by atoms with E-state index in [9.17, 15) is 9.59 Å². The predicted molar refractivity (Wildman–Crippen MR) is 86.2 cm³/mol. The molecular formula is C17H20N2O4. The lowest BCUT2D eigenvalue weighted by molar-refractivity contribution is 0.0938. The van der Waals surface area contributed by atoms with Crippen molar-refractivity contribution in [2.24, 2.45) is 7.05 Å². The molecule has 0 atom stereocenters. The highest BCUT2D eigenvalue weighted by Crippen LogP contribution is 2.16. The minimum absolute atomic E-state index is 0.0671. The van der Waals surface area contributed by atoms with Gasteiger partial charge >= 0.3 is 0 Å². The van der Waals surface area contributed by atoms with Gasteiger partial charge in [0.25, 0.3) is 5.91 Å². The minimum atomic E-state index is -0.238. The summed E-state index contributed by atoms with van der Waals surface area (Å²) in [5.41, 5.74) is 0.965. The summed E-state index contributed by atoms with van der Waals surface area (Å²) in [6.45, 7) is 2.19. The summed E-state index contributed by atoms with van der Waals surface area (Å²) in [5, 5.41) is 2.76. The highest BCUT2D eigenvalue weighted by Gasteiger charge is 2.13. The molecule has 0 saturated heterocycles. The number of methoxy groups -OCH3 is 1. The van der Waals surface area contributed by atoms with Crippen LogP contribution in [0.25, 0.3) is 0 Å². The largest absolute Gasteiger partial charge is 0.497 e. The van der Waals surface area contributed by atoms with Crippen molar-refractivity contribution in [3.8, 4) is 11.5 Å². The number of carbonyl (C=O) groups excluding carboxylic acids is 2. The lowest BCUT2D eigenvalue weighted by Gasteiger charge is -2.08. The zero-order chi connectivity index (χ0) is 16.8. The standard InChI is InChI=1S/C17H20N2O4/c1-12(20)13-10-16(19(2)11-13)17(21)18-8-9-23-15-6-4-14(22-3)5-7-15/h4-7,10-11H,8-9H2,1-3H3,(H,18,21). The van der Waals surface area contributed by atoms with Crippen LogP contribution in [0.3, 0.4) is 0 Å². The number of nitrogens with one attached hydrogen (secondary N) is 1. The molecule has 0 unspecified atom stereocenters. The molecule has 0 saturated carbocycles. The molecular weight excluding hydrogens is 296 g/mol. The molecule has 0 aliphatic rings. The Morgan fingerprint density at radius 3 is 2.39 bits per heavy atom. The van der Waals surface area contributed by atoms with Crippen LogP contribution in [-0.4, -0.2) is 36.5 Å². The Morgan fingerprint density at radius 1 is 1.17 bits per heavy atom. The van der Waals surface area contributed by atoms with Crippen LogP contribution in [0, 0.1) is 0 Å². The molecule has 0 aliphatic carbocycles. The quantitative estimate of drug-likeness (QED) is 0.627. The molecule has 1 amide bonds. The molecule has 6 nitrogen and oxygen atoms in total. The zero-order valence-electron chi connectivity index (χ0n) is 13.5. The molecule has 0 fully saturated rings. The van der Waals surface area contributed by atoms with Gasteiger partial charge in [0.05, 0.1) is 13.7 Å². The normalized spacial score (nSPS) is 10.2. The molecule has 122 valence electrons. The molecule has 0 bridgehead atoms. The lowest BCUT2D eigenvalue weighted by Crippen LogP contribution is -2.29. The molecule has 0 spiro atoms. The van der Waals surface area contributed by atoms with Gasteiger partial charge in [-0.2, -0.15) is 0 Å². The van der Waals surface area contributed by atoms with Crippen LogP contribution in [0.1, 0.15) is 27.8 Å². The van der Waals surface area contributed by atoms with Crippen LogP contribution < -0.4 is 14.8 Å². The SMILES string of the molecule is COc1ccc(OCCNC(=O)c2cc(C(C)=O)cn2C)cc1. The molecule has 1 aromatic carbocycles. The summed E-state index contributed by atoms with van der Waals surface area (Å²) in [7, 11) is 3.34. The molecule has 2 aromatic rings. The first kappa shape index (κ1) is 16.6. The van der Waals surface area contributed by atoms with Gasteiger partial charge in [0.2, 0.25) is 0 Å². The van der Waals surface area contributed by atoms with Crippen molar-refractivity contribution in [2.45, 2.75) is 6.92 Å². The van der Waals surface area contributed by atoms with Crippen LogP contribution in [0.15, 0.2) is 36.5 Å². The van der Waals surface area contributed by atoms with Crippen molar-refractivity contribution in [3.05, 3.63) is 47.8 Å². The van der Waals surface area contributed by atoms with E-state index < -0.39 is 0 Å². The number of hydrogen-bond donors (Lipinski definition) is 1. The average Bonchev–Trinajstić information content (AvgIpc) is 2.94. The van der Waals surface area contributed by atoms with Crippen LogP contribution >= 0.6 is 0 Å². The smallest absolute Gasteiger partial charge is 0.268 e. The summed E-state index contributed by atoms with van der Waals surface area (Å²) in [4.78, 5) is 23.4. The molecule has 6 heteroatoms. The number of carbonyl (C=O) groups is 2. The number of aromatic nitrogens is 1. The van der Waals surface area contributed by atoms with E-state index in [0.717, 1.165) is 5.75 Å². The van der Waals surface area contributed by atoms with Crippen molar-refractivity contribution in [1.82, 2.24) is 9.88 Å². The number of rotatable bonds is 7. The van der Waals surface area contributed by atoms with Crippen molar-refractivity contribution in [3.63, 3.8) is 0 Å². The summed E-state index contributed by atoms with van der Waals surface area (Å²) in [6, 6.07) is 8.80. The summed E-state index contributed by atoms with van der Waals surface area (Å²) < 4.78 is 12.2. The number of nitrogens with zero attached hydrogens (tertiary/aromatic N) is 1. The Labute approximate surface area is 135 Å². The van der Waals surface area contributed by atoms with E-state index >= 15 is 0 Å². The van der Waals surface area contributed by atoms with Gasteiger partial charge in [0.15, 0.2) is 5.78 Å². The topological polar surface area (TPSA) is 69.6 Å². The molecule has 23 heavy (non-hydrogen) atoms. The molecule has 0 radical (unpaired) electrons. The van der Waals surface area contributed by atoms with E-state index in [4.69, 9.17) is 9.47 Å². The van der Waals surface area contributed by atoms with Crippen molar-refractivity contribution >= 4 is 11.7 Å². The third kappa shape index (κ3) is 4.35. The van der Waals surface area contributed by atoms with Crippen molar-refractivity contribution < 1.29 is 19.1 Å². The van der Waals surface area contributed by atoms with Gasteiger partial charge in [-0.15, -0.1) is 0 Å². The predicted octanol–water partition coefficient (Wildman–Crippen LogP) is 2.05. The first-order chi connectivity index (χ1) is 11.0. The first-order valence-corrected chi connectivity index (χ1v) is 7.23. The van der Waals surface area contributed by atoms with E-state index in [0.29, 0.717) is 30.2 Å². The minimum Gasteiger partial charge on any atom is -0.497 e. The number of aryl methyl sites for hydroxylation is 1. The number of ether oxygens (including phenoxy) is 2. The maximum Gasteiger partial charge on any atom is 0.268 e. The number of ketones is 1. The highest BCUT2D eigenvalue weighted by atomic mass is 16.5. The van der Waals surface area contributed by atoms with E-state index in [1.54, 1.807) is 55.3 Å². The van der Waals surface area contributed by atoms with Crippen molar-refractivity contribution in [1.29, 1.82) is 0 Å². The number of hydrogen-bond acceptors (Lipinski definition) is 4. The fourth-order valence-electron chi connectivity index (χ4n) is 2.08. The second-order valence-electron chi connectivity index (χ2n) is 5.06. The van der Waals surface area contributed by atoms with E-state index in [2.05, 4.69) is 5.32 Å². The van der Waals surface area contributed by atoms with Crippen LogP contribution in [0.5, 0.6) is 11.5 Å². The van der Waals surface area contributed by atoms with E-state index in [1.807, 2.05) is 0 Å². The second-order valence-corrected chi connectivity index (χ2v) is 5.06. The van der Waals surface area contributed by atoms with Gasteiger partial charge in [-0.1, -0.05) is 0 Å². The highest BCUT2D eigenvalue weighted by molar-refractivity contribution is 5.99. The third-order valence-electron chi connectivity index (χ3n) is 3.36. The fraction of sp³-hybridized carbons (Fsp3) is 0.294. The number of Topliss-reactive ketones (excluding diaryl/α,β-unsaturated/α-hetero) is 1. The molecule has 1 aromatic heterocycles. The first-order valence-electron chi connectivity index (χ1n) is 7.23. The van der Waals surface area contributed by atoms with Crippen LogP contribution in [-0.2, 0) is 7.05 Å². The molecule has 0 aliphatic heterocycles. The van der Waals surface area contributed by atoms with Gasteiger partial charge in [-0.25, -0.2) is 0 Å². The Morgan fingerprint density at radius 2 is 1.83 bits per heavy atom. The van der Waals surface area contributed by atoms with Gasteiger partial charge < -0.3 is 19.4 Å². The molecule has 1 heterocycles. The summed E-state index contributed by atoms with van der Waals surface area (Å²) >= 11 is 0. The number of amides is 1. The summed E-state index contributed by atoms with van der Waals surface area (Å²) in [5.74, 6) is 1.16. The van der Waals surface area contributed by atoms with Gasteiger partial charge in [-0.05, 0) is 37.3 Å². The summed E-state index contributed by atoms with van der Waals surface area (Å²) in [6.07, 6.45) is 1.64. The van der Waals surface area contributed by atoms with E-state index in [-0.39, 0.29) is 11.7 Å². The Bertz CT molecular complexity index is 689. The van der Waals surface area contributed by atoms with Crippen LogP contribution in [0.2, 0.25) is 0 Å². The molecule has 1 N–H and O–H groups in total. The fourth-order valence-corrected chi connectivity index (χ4v) is 2.08. The van der Waals surface area contributed by atoms with E-state index in [1.165, 1.54) is 6.92 Å². The van der Waals surface area contributed by atoms with Gasteiger partial charge in [-0.3, -0.25) is 9.59 Å². The van der Waals surface area contributed by atoms with Gasteiger partial charge in [0, 0.05) is 18.8 Å². The van der Waals surface area contributed by atoms with Gasteiger partial charge in [0.1, 0.15) is 23.8 Å². The maximum absolute atomic E-state index is 12.1. The maximum atomic E-state index is 12.1. The number of benzene rings is 1. The molecule has 2 rings (SSSR count). The third-order valence-corrected chi connectivity index (χ3v) is 3.36. The average molecular weight is 316 g/mol. The van der Waals surface area contributed by atoms with Crippen molar-refractivity contribution in [2.75, 3.05) is 20.3 Å². The Hall–Kier alpha value is -2.76. The zero-order valence-corrected chi connectivity index (χ0v) is 13.5. The Kier molecular flexibility index (Phi) is 5.41. The Balaban J connectivity index is 1.81. The lowest BCUT2D eigenvalue weighted by atomic mass is 10.2.